The molecule has 0 radical (unpaired) electrons. The molecule has 1 aromatic heterocycles. The van der Waals surface area contributed by atoms with Crippen LogP contribution in [0.1, 0.15) is 50.9 Å². The highest BCUT2D eigenvalue weighted by atomic mass is 16.3. The Morgan fingerprint density at radius 1 is 1.09 bits per heavy atom. The molecule has 0 saturated heterocycles. The van der Waals surface area contributed by atoms with Gasteiger partial charge in [-0.2, -0.15) is 4.58 Å². The van der Waals surface area contributed by atoms with Crippen molar-refractivity contribution in [1.82, 2.24) is 4.57 Å². The first-order valence-corrected chi connectivity index (χ1v) is 12.1. The molecule has 3 aromatic rings. The SMILES string of the molecule is Cc1c(C2=C([O-])C(=CC3=[N+](C)c4ccccc4C3(C)C)C2=O)c2ccccc2n1CCC(C)C. The lowest BCUT2D eigenvalue weighted by Crippen LogP contribution is -2.33. The number of aromatic nitrogens is 1. The van der Waals surface area contributed by atoms with Crippen LogP contribution in [0, 0.1) is 12.8 Å². The Bertz CT molecular complexity index is 1440. The van der Waals surface area contributed by atoms with Gasteiger partial charge in [0.05, 0.1) is 5.41 Å². The number of fused-ring (bicyclic) bond motifs is 2. The van der Waals surface area contributed by atoms with Gasteiger partial charge in [-0.25, -0.2) is 0 Å². The van der Waals surface area contributed by atoms with Crippen molar-refractivity contribution in [3.8, 4) is 0 Å². The highest BCUT2D eigenvalue weighted by molar-refractivity contribution is 6.41. The molecule has 2 heterocycles. The second-order valence-corrected chi connectivity index (χ2v) is 10.5. The number of benzene rings is 2. The van der Waals surface area contributed by atoms with Crippen LogP contribution >= 0.6 is 0 Å². The second-order valence-electron chi connectivity index (χ2n) is 10.5. The van der Waals surface area contributed by atoms with E-state index < -0.39 is 0 Å². The molecule has 4 heteroatoms. The molecular formula is C30H32N2O2. The predicted octanol–water partition coefficient (Wildman–Crippen LogP) is 5.28. The predicted molar refractivity (Wildman–Crippen MR) is 136 cm³/mol. The Kier molecular flexibility index (Phi) is 5.16. The number of hydrogen-bond acceptors (Lipinski definition) is 2. The van der Waals surface area contributed by atoms with E-state index in [-0.39, 0.29) is 22.5 Å². The van der Waals surface area contributed by atoms with Crippen molar-refractivity contribution in [2.45, 2.75) is 53.0 Å². The number of nitrogens with zero attached hydrogens (tertiary/aromatic N) is 2. The van der Waals surface area contributed by atoms with Gasteiger partial charge in [0.15, 0.2) is 11.5 Å². The fraction of sp³-hybridized carbons (Fsp3) is 0.333. The van der Waals surface area contributed by atoms with Gasteiger partial charge >= 0.3 is 0 Å². The minimum absolute atomic E-state index is 0.146. The third-order valence-electron chi connectivity index (χ3n) is 7.58. The van der Waals surface area contributed by atoms with Crippen molar-refractivity contribution in [2.24, 2.45) is 5.92 Å². The number of hydrogen-bond donors (Lipinski definition) is 0. The molecule has 2 aromatic carbocycles. The summed E-state index contributed by atoms with van der Waals surface area (Å²) in [6.45, 7) is 11.6. The van der Waals surface area contributed by atoms with E-state index in [0.29, 0.717) is 11.5 Å². The lowest BCUT2D eigenvalue weighted by molar-refractivity contribution is -0.401. The van der Waals surface area contributed by atoms with E-state index in [9.17, 15) is 9.90 Å². The molecule has 0 saturated carbocycles. The van der Waals surface area contributed by atoms with Crippen molar-refractivity contribution in [2.75, 3.05) is 7.05 Å². The van der Waals surface area contributed by atoms with Crippen LogP contribution in [0.25, 0.3) is 16.5 Å². The summed E-state index contributed by atoms with van der Waals surface area (Å²) in [6, 6.07) is 16.4. The Hall–Kier alpha value is -3.40. The van der Waals surface area contributed by atoms with Gasteiger partial charge in [0.2, 0.25) is 5.69 Å². The Labute approximate surface area is 201 Å². The fourth-order valence-corrected chi connectivity index (χ4v) is 5.59. The molecule has 0 unspecified atom stereocenters. The molecule has 2 aliphatic rings. The molecule has 4 nitrogen and oxygen atoms in total. The van der Waals surface area contributed by atoms with E-state index in [1.807, 2.05) is 50.4 Å². The smallest absolute Gasteiger partial charge is 0.209 e. The van der Waals surface area contributed by atoms with Crippen molar-refractivity contribution in [3.63, 3.8) is 0 Å². The summed E-state index contributed by atoms with van der Waals surface area (Å²) in [5.74, 6) is 0.283. The number of carbonyl (C=O) groups excluding carboxylic acids is 1. The van der Waals surface area contributed by atoms with E-state index in [1.165, 1.54) is 5.56 Å². The number of Topliss-reactive ketones (excluding diaryl/α,β-unsaturated/α-hetero) is 1. The molecule has 5 rings (SSSR count). The van der Waals surface area contributed by atoms with Crippen LogP contribution < -0.4 is 5.11 Å². The maximum Gasteiger partial charge on any atom is 0.209 e. The third-order valence-corrected chi connectivity index (χ3v) is 7.58. The average molecular weight is 453 g/mol. The molecule has 0 N–H and O–H groups in total. The van der Waals surface area contributed by atoms with Crippen molar-refractivity contribution in [3.05, 3.63) is 82.8 Å². The first-order chi connectivity index (χ1) is 16.1. The summed E-state index contributed by atoms with van der Waals surface area (Å²) in [4.78, 5) is 13.5. The number of allylic oxidation sites excluding steroid dienone is 3. The lowest BCUT2D eigenvalue weighted by Gasteiger charge is -2.31. The minimum Gasteiger partial charge on any atom is -0.871 e. The molecule has 0 fully saturated rings. The van der Waals surface area contributed by atoms with Crippen molar-refractivity contribution >= 4 is 33.7 Å². The summed E-state index contributed by atoms with van der Waals surface area (Å²) in [5.41, 5.74) is 6.52. The quantitative estimate of drug-likeness (QED) is 0.390. The largest absolute Gasteiger partial charge is 0.871 e. The molecular weight excluding hydrogens is 420 g/mol. The van der Waals surface area contributed by atoms with E-state index in [2.05, 4.69) is 55.0 Å². The topological polar surface area (TPSA) is 48.1 Å². The number of aryl methyl sites for hydroxylation is 1. The second kappa shape index (κ2) is 7.83. The van der Waals surface area contributed by atoms with Crippen LogP contribution in [0.5, 0.6) is 0 Å². The Balaban J connectivity index is 1.62. The van der Waals surface area contributed by atoms with Gasteiger partial charge in [-0.1, -0.05) is 56.0 Å². The molecule has 0 atom stereocenters. The maximum absolute atomic E-state index is 13.5. The van der Waals surface area contributed by atoms with Crippen LogP contribution in [0.2, 0.25) is 0 Å². The van der Waals surface area contributed by atoms with E-state index >= 15 is 0 Å². The van der Waals surface area contributed by atoms with Gasteiger partial charge in [-0.15, -0.1) is 0 Å². The summed E-state index contributed by atoms with van der Waals surface area (Å²) in [5, 5.41) is 14.4. The number of carbonyl (C=O) groups is 1. The van der Waals surface area contributed by atoms with Crippen LogP contribution in [0.15, 0.2) is 65.9 Å². The molecule has 34 heavy (non-hydrogen) atoms. The summed E-state index contributed by atoms with van der Waals surface area (Å²) < 4.78 is 4.36. The summed E-state index contributed by atoms with van der Waals surface area (Å²) >= 11 is 0. The van der Waals surface area contributed by atoms with Crippen LogP contribution in [-0.2, 0) is 16.8 Å². The van der Waals surface area contributed by atoms with E-state index in [0.717, 1.165) is 46.5 Å². The zero-order valence-corrected chi connectivity index (χ0v) is 20.9. The highest BCUT2D eigenvalue weighted by Gasteiger charge is 2.44. The zero-order valence-electron chi connectivity index (χ0n) is 20.9. The first-order valence-electron chi connectivity index (χ1n) is 12.1. The monoisotopic (exact) mass is 452 g/mol. The zero-order chi connectivity index (χ0) is 24.4. The molecule has 0 spiro atoms. The fourth-order valence-electron chi connectivity index (χ4n) is 5.59. The van der Waals surface area contributed by atoms with Gasteiger partial charge in [0, 0.05) is 57.6 Å². The molecule has 0 amide bonds. The lowest BCUT2D eigenvalue weighted by atomic mass is 9.77. The highest BCUT2D eigenvalue weighted by Crippen LogP contribution is 2.43. The molecule has 174 valence electrons. The van der Waals surface area contributed by atoms with E-state index in [4.69, 9.17) is 0 Å². The minimum atomic E-state index is -0.280. The standard InChI is InChI=1S/C30H32N2O2/c1-18(2)15-16-32-19(3)26(20-11-7-9-13-23(20)32)27-28(33)21(29(27)34)17-25-30(4,5)22-12-8-10-14-24(22)31(25)6/h7-14,17-18H,15-16H2,1-6H3. The Morgan fingerprint density at radius 2 is 1.76 bits per heavy atom. The van der Waals surface area contributed by atoms with Crippen molar-refractivity contribution < 1.29 is 14.5 Å². The van der Waals surface area contributed by atoms with Crippen LogP contribution in [0.4, 0.5) is 5.69 Å². The summed E-state index contributed by atoms with van der Waals surface area (Å²) in [7, 11) is 2.00. The number of para-hydroxylation sites is 2. The third kappa shape index (κ3) is 3.12. The Morgan fingerprint density at radius 3 is 2.44 bits per heavy atom. The van der Waals surface area contributed by atoms with Crippen LogP contribution in [0.3, 0.4) is 0 Å². The molecule has 1 aliphatic heterocycles. The van der Waals surface area contributed by atoms with Gasteiger partial charge in [0.25, 0.3) is 0 Å². The number of rotatable bonds is 5. The maximum atomic E-state index is 13.5. The van der Waals surface area contributed by atoms with Crippen LogP contribution in [-0.4, -0.2) is 27.7 Å². The average Bonchev–Trinajstić information content (AvgIpc) is 3.19. The van der Waals surface area contributed by atoms with Crippen molar-refractivity contribution in [1.29, 1.82) is 0 Å². The molecule has 1 aliphatic carbocycles. The first kappa shape index (κ1) is 22.4. The molecule has 0 bridgehead atoms. The van der Waals surface area contributed by atoms with Gasteiger partial charge < -0.3 is 9.67 Å². The van der Waals surface area contributed by atoms with Gasteiger partial charge in [0.1, 0.15) is 7.05 Å². The summed E-state index contributed by atoms with van der Waals surface area (Å²) in [6.07, 6.45) is 2.86. The normalized spacial score (nSPS) is 18.4. The van der Waals surface area contributed by atoms with E-state index in [1.54, 1.807) is 0 Å². The number of ketones is 1. The van der Waals surface area contributed by atoms with Gasteiger partial charge in [-0.3, -0.25) is 4.79 Å². The van der Waals surface area contributed by atoms with Gasteiger partial charge in [-0.05, 0) is 39.2 Å².